The highest BCUT2D eigenvalue weighted by Gasteiger charge is 2.36. The number of carbonyl (C=O) groups is 1. The van der Waals surface area contributed by atoms with E-state index >= 15 is 0 Å². The normalized spacial score (nSPS) is 11.6. The molecule has 0 spiro atoms. The van der Waals surface area contributed by atoms with Crippen LogP contribution in [0.3, 0.4) is 0 Å². The molecule has 0 saturated carbocycles. The Labute approximate surface area is 207 Å². The predicted octanol–water partition coefficient (Wildman–Crippen LogP) is 6.92. The first-order valence-corrected chi connectivity index (χ1v) is 11.0. The molecule has 1 N–H and O–H groups in total. The van der Waals surface area contributed by atoms with Gasteiger partial charge in [-0.15, -0.1) is 0 Å². The monoisotopic (exact) mass is 508 g/mol. The van der Waals surface area contributed by atoms with Gasteiger partial charge in [-0.1, -0.05) is 23.8 Å². The Hall–Kier alpha value is -4.60. The zero-order chi connectivity index (χ0) is 26.3. The molecule has 3 heterocycles. The van der Waals surface area contributed by atoms with E-state index in [0.29, 0.717) is 23.0 Å². The maximum atomic E-state index is 14.4. The SMILES string of the molecule is Cc1ccc(NC(=O)c2cc(-c3cccn4c(-c5cccc(F)c5F)ncc34)ncc2C(F)(F)F)cc1. The summed E-state index contributed by atoms with van der Waals surface area (Å²) in [5.74, 6) is -2.98. The van der Waals surface area contributed by atoms with Crippen LogP contribution in [-0.2, 0) is 6.18 Å². The van der Waals surface area contributed by atoms with Crippen LogP contribution in [0.15, 0.2) is 79.3 Å². The molecule has 186 valence electrons. The van der Waals surface area contributed by atoms with Gasteiger partial charge >= 0.3 is 6.18 Å². The van der Waals surface area contributed by atoms with Gasteiger partial charge in [-0.05, 0) is 49.4 Å². The van der Waals surface area contributed by atoms with Crippen LogP contribution in [0.25, 0.3) is 28.2 Å². The number of hydrogen-bond acceptors (Lipinski definition) is 3. The number of rotatable bonds is 4. The molecule has 0 bridgehead atoms. The average molecular weight is 508 g/mol. The van der Waals surface area contributed by atoms with Crippen molar-refractivity contribution in [3.8, 4) is 22.6 Å². The summed E-state index contributed by atoms with van der Waals surface area (Å²) in [5.41, 5.74) is 0.150. The lowest BCUT2D eigenvalue weighted by atomic mass is 10.0. The Bertz CT molecular complexity index is 1640. The molecule has 5 nitrogen and oxygen atoms in total. The minimum absolute atomic E-state index is 0.0684. The van der Waals surface area contributed by atoms with Crippen LogP contribution in [0.2, 0.25) is 0 Å². The number of hydrogen-bond donors (Lipinski definition) is 1. The highest BCUT2D eigenvalue weighted by Crippen LogP contribution is 2.35. The molecule has 2 aromatic carbocycles. The molecule has 0 fully saturated rings. The number of alkyl halides is 3. The van der Waals surface area contributed by atoms with Crippen molar-refractivity contribution in [1.82, 2.24) is 14.4 Å². The number of aromatic nitrogens is 3. The first kappa shape index (κ1) is 24.1. The van der Waals surface area contributed by atoms with E-state index in [4.69, 9.17) is 0 Å². The van der Waals surface area contributed by atoms with E-state index in [2.05, 4.69) is 15.3 Å². The number of carbonyl (C=O) groups excluding carboxylic acids is 1. The van der Waals surface area contributed by atoms with Crippen molar-refractivity contribution in [3.05, 3.63) is 108 Å². The lowest BCUT2D eigenvalue weighted by molar-refractivity contribution is -0.138. The number of imidazole rings is 1. The number of aryl methyl sites for hydroxylation is 1. The van der Waals surface area contributed by atoms with Gasteiger partial charge in [0.2, 0.25) is 0 Å². The molecule has 10 heteroatoms. The van der Waals surface area contributed by atoms with Crippen molar-refractivity contribution >= 4 is 17.1 Å². The molecule has 5 aromatic rings. The minimum Gasteiger partial charge on any atom is -0.322 e. The van der Waals surface area contributed by atoms with Crippen molar-refractivity contribution in [2.45, 2.75) is 13.1 Å². The molecule has 0 atom stereocenters. The smallest absolute Gasteiger partial charge is 0.322 e. The lowest BCUT2D eigenvalue weighted by Crippen LogP contribution is -2.19. The summed E-state index contributed by atoms with van der Waals surface area (Å²) in [6, 6.07) is 14.5. The van der Waals surface area contributed by atoms with Gasteiger partial charge in [0.05, 0.1) is 34.1 Å². The molecule has 37 heavy (non-hydrogen) atoms. The summed E-state index contributed by atoms with van der Waals surface area (Å²) in [6.45, 7) is 1.84. The van der Waals surface area contributed by atoms with Gasteiger partial charge in [0, 0.05) is 23.6 Å². The van der Waals surface area contributed by atoms with E-state index in [-0.39, 0.29) is 17.1 Å². The summed E-state index contributed by atoms with van der Waals surface area (Å²) < 4.78 is 70.9. The Morgan fingerprint density at radius 3 is 2.38 bits per heavy atom. The fourth-order valence-corrected chi connectivity index (χ4v) is 3.97. The number of benzene rings is 2. The van der Waals surface area contributed by atoms with Crippen LogP contribution in [0, 0.1) is 18.6 Å². The molecule has 1 amide bonds. The number of anilines is 1. The van der Waals surface area contributed by atoms with Crippen LogP contribution >= 0.6 is 0 Å². The van der Waals surface area contributed by atoms with Crippen molar-refractivity contribution in [2.24, 2.45) is 0 Å². The topological polar surface area (TPSA) is 59.3 Å². The summed E-state index contributed by atoms with van der Waals surface area (Å²) in [6.07, 6.45) is -1.29. The molecule has 0 aliphatic rings. The molecule has 5 rings (SSSR count). The van der Waals surface area contributed by atoms with Gasteiger partial charge in [-0.3, -0.25) is 14.2 Å². The number of pyridine rings is 2. The second kappa shape index (κ2) is 9.12. The molecule has 0 radical (unpaired) electrons. The van der Waals surface area contributed by atoms with E-state index in [1.807, 2.05) is 6.92 Å². The highest BCUT2D eigenvalue weighted by molar-refractivity contribution is 6.06. The molecule has 3 aromatic heterocycles. The second-order valence-corrected chi connectivity index (χ2v) is 8.29. The standard InChI is InChI=1S/C27H17F5N4O/c1-15-7-9-16(10-8-15)35-26(37)19-12-22(33-13-20(19)27(30,31)32)17-5-3-11-36-23(17)14-34-25(36)18-4-2-6-21(28)24(18)29/h2-14H,1H3,(H,35,37). The van der Waals surface area contributed by atoms with Crippen molar-refractivity contribution < 1.29 is 26.7 Å². The molecule has 0 aliphatic heterocycles. The third kappa shape index (κ3) is 4.53. The number of nitrogens with one attached hydrogen (secondary N) is 1. The van der Waals surface area contributed by atoms with Gasteiger partial charge in [-0.25, -0.2) is 13.8 Å². The van der Waals surface area contributed by atoms with E-state index in [9.17, 15) is 26.7 Å². The molecule has 0 saturated heterocycles. The summed E-state index contributed by atoms with van der Waals surface area (Å²) in [7, 11) is 0. The quantitative estimate of drug-likeness (QED) is 0.268. The zero-order valence-electron chi connectivity index (χ0n) is 19.1. The van der Waals surface area contributed by atoms with Gasteiger partial charge < -0.3 is 5.32 Å². The summed E-state index contributed by atoms with van der Waals surface area (Å²) in [4.78, 5) is 21.1. The maximum absolute atomic E-state index is 14.4. The van der Waals surface area contributed by atoms with E-state index in [0.717, 1.165) is 17.7 Å². The van der Waals surface area contributed by atoms with Crippen LogP contribution in [-0.4, -0.2) is 20.3 Å². The van der Waals surface area contributed by atoms with Gasteiger partial charge in [-0.2, -0.15) is 13.2 Å². The van der Waals surface area contributed by atoms with E-state index < -0.39 is 34.8 Å². The lowest BCUT2D eigenvalue weighted by Gasteiger charge is -2.14. The number of amides is 1. The van der Waals surface area contributed by atoms with Crippen LogP contribution in [0.5, 0.6) is 0 Å². The first-order chi connectivity index (χ1) is 17.6. The van der Waals surface area contributed by atoms with Gasteiger partial charge in [0.25, 0.3) is 5.91 Å². The van der Waals surface area contributed by atoms with Crippen molar-refractivity contribution in [2.75, 3.05) is 5.32 Å². The third-order valence-electron chi connectivity index (χ3n) is 5.80. The van der Waals surface area contributed by atoms with Gasteiger partial charge in [0.15, 0.2) is 11.6 Å². The maximum Gasteiger partial charge on any atom is 0.418 e. The van der Waals surface area contributed by atoms with Crippen LogP contribution < -0.4 is 5.32 Å². The van der Waals surface area contributed by atoms with E-state index in [1.54, 1.807) is 42.6 Å². The Morgan fingerprint density at radius 2 is 1.65 bits per heavy atom. The number of nitrogens with zero attached hydrogens (tertiary/aromatic N) is 3. The molecule has 0 unspecified atom stereocenters. The highest BCUT2D eigenvalue weighted by atomic mass is 19.4. The first-order valence-electron chi connectivity index (χ1n) is 11.0. The summed E-state index contributed by atoms with van der Waals surface area (Å²) in [5, 5.41) is 2.49. The fourth-order valence-electron chi connectivity index (χ4n) is 3.97. The average Bonchev–Trinajstić information content (AvgIpc) is 3.30. The third-order valence-corrected chi connectivity index (χ3v) is 5.80. The predicted molar refractivity (Wildman–Crippen MR) is 128 cm³/mol. The molecular formula is C27H17F5N4O. The molecule has 0 aliphatic carbocycles. The number of halogens is 5. The largest absolute Gasteiger partial charge is 0.418 e. The number of fused-ring (bicyclic) bond motifs is 1. The zero-order valence-corrected chi connectivity index (χ0v) is 19.1. The second-order valence-electron chi connectivity index (χ2n) is 8.29. The van der Waals surface area contributed by atoms with Crippen molar-refractivity contribution in [3.63, 3.8) is 0 Å². The van der Waals surface area contributed by atoms with Gasteiger partial charge in [0.1, 0.15) is 5.82 Å². The molecular weight excluding hydrogens is 491 g/mol. The Morgan fingerprint density at radius 1 is 0.919 bits per heavy atom. The minimum atomic E-state index is -4.82. The van der Waals surface area contributed by atoms with E-state index in [1.165, 1.54) is 22.7 Å². The van der Waals surface area contributed by atoms with Crippen LogP contribution in [0.1, 0.15) is 21.5 Å². The Balaban J connectivity index is 1.61. The Kier molecular flexibility index (Phi) is 5.94. The fraction of sp³-hybridized carbons (Fsp3) is 0.0741. The van der Waals surface area contributed by atoms with Crippen LogP contribution in [0.4, 0.5) is 27.6 Å². The van der Waals surface area contributed by atoms with Crippen molar-refractivity contribution in [1.29, 1.82) is 0 Å². The summed E-state index contributed by atoms with van der Waals surface area (Å²) >= 11 is 0.